The molecule has 0 bridgehead atoms. The SMILES string of the molecule is Cc1cccc(OCC(O)CNCC(C)C2c3ccccc3COc3ccccc32)c1. The van der Waals surface area contributed by atoms with Gasteiger partial charge < -0.3 is 19.9 Å². The van der Waals surface area contributed by atoms with Crippen LogP contribution in [0.3, 0.4) is 0 Å². The minimum Gasteiger partial charge on any atom is -0.491 e. The summed E-state index contributed by atoms with van der Waals surface area (Å²) in [5.41, 5.74) is 4.93. The number of hydrogen-bond acceptors (Lipinski definition) is 4. The van der Waals surface area contributed by atoms with Crippen molar-refractivity contribution in [2.75, 3.05) is 19.7 Å². The molecule has 4 nitrogen and oxygen atoms in total. The Bertz CT molecular complexity index is 956. The monoisotopic (exact) mass is 417 g/mol. The van der Waals surface area contributed by atoms with Crippen LogP contribution in [0.4, 0.5) is 0 Å². The number of para-hydroxylation sites is 1. The molecule has 0 spiro atoms. The third-order valence-electron chi connectivity index (χ3n) is 5.87. The number of aryl methyl sites for hydroxylation is 1. The Hall–Kier alpha value is -2.82. The molecule has 0 aromatic heterocycles. The molecule has 1 heterocycles. The maximum Gasteiger partial charge on any atom is 0.123 e. The number of nitrogens with one attached hydrogen (secondary N) is 1. The van der Waals surface area contributed by atoms with Crippen molar-refractivity contribution in [3.8, 4) is 11.5 Å². The fraction of sp³-hybridized carbons (Fsp3) is 0.333. The number of hydrogen-bond donors (Lipinski definition) is 2. The molecule has 0 amide bonds. The molecular weight excluding hydrogens is 386 g/mol. The Balaban J connectivity index is 1.38. The molecule has 1 aliphatic heterocycles. The predicted molar refractivity (Wildman–Crippen MR) is 124 cm³/mol. The number of aliphatic hydroxyl groups excluding tert-OH is 1. The molecule has 4 rings (SSSR count). The zero-order chi connectivity index (χ0) is 21.6. The second-order valence-electron chi connectivity index (χ2n) is 8.42. The zero-order valence-corrected chi connectivity index (χ0v) is 18.3. The summed E-state index contributed by atoms with van der Waals surface area (Å²) in [7, 11) is 0. The minimum atomic E-state index is -0.565. The molecule has 3 atom stereocenters. The Morgan fingerprint density at radius 1 is 1.00 bits per heavy atom. The molecular formula is C27H31NO3. The van der Waals surface area contributed by atoms with Gasteiger partial charge in [-0.3, -0.25) is 0 Å². The van der Waals surface area contributed by atoms with E-state index in [-0.39, 0.29) is 12.5 Å². The molecule has 1 aliphatic rings. The van der Waals surface area contributed by atoms with Crippen LogP contribution in [0, 0.1) is 12.8 Å². The summed E-state index contributed by atoms with van der Waals surface area (Å²) in [4.78, 5) is 0. The minimum absolute atomic E-state index is 0.239. The quantitative estimate of drug-likeness (QED) is 0.559. The average molecular weight is 418 g/mol. The van der Waals surface area contributed by atoms with Gasteiger partial charge in [0, 0.05) is 18.0 Å². The van der Waals surface area contributed by atoms with E-state index in [4.69, 9.17) is 9.47 Å². The molecule has 0 saturated heterocycles. The highest BCUT2D eigenvalue weighted by Crippen LogP contribution is 2.41. The summed E-state index contributed by atoms with van der Waals surface area (Å²) in [5, 5.41) is 13.8. The van der Waals surface area contributed by atoms with Crippen LogP contribution in [0.25, 0.3) is 0 Å². The van der Waals surface area contributed by atoms with Gasteiger partial charge in [0.25, 0.3) is 0 Å². The van der Waals surface area contributed by atoms with Crippen LogP contribution in [0.2, 0.25) is 0 Å². The Morgan fingerprint density at radius 3 is 2.61 bits per heavy atom. The highest BCUT2D eigenvalue weighted by Gasteiger charge is 2.28. The lowest BCUT2D eigenvalue weighted by Gasteiger charge is -2.26. The molecule has 2 N–H and O–H groups in total. The van der Waals surface area contributed by atoms with E-state index in [9.17, 15) is 5.11 Å². The van der Waals surface area contributed by atoms with Gasteiger partial charge in [-0.05, 0) is 54.3 Å². The van der Waals surface area contributed by atoms with Gasteiger partial charge in [0.2, 0.25) is 0 Å². The molecule has 0 radical (unpaired) electrons. The first-order valence-electron chi connectivity index (χ1n) is 11.0. The molecule has 0 fully saturated rings. The van der Waals surface area contributed by atoms with Crippen LogP contribution in [0.15, 0.2) is 72.8 Å². The smallest absolute Gasteiger partial charge is 0.123 e. The van der Waals surface area contributed by atoms with Gasteiger partial charge in [-0.1, -0.05) is 61.5 Å². The summed E-state index contributed by atoms with van der Waals surface area (Å²) in [6.45, 7) is 6.43. The third kappa shape index (κ3) is 5.27. The highest BCUT2D eigenvalue weighted by molar-refractivity contribution is 5.47. The normalized spacial score (nSPS) is 16.9. The topological polar surface area (TPSA) is 50.7 Å². The number of fused-ring (bicyclic) bond motifs is 2. The van der Waals surface area contributed by atoms with Crippen molar-refractivity contribution in [2.45, 2.75) is 32.5 Å². The average Bonchev–Trinajstić information content (AvgIpc) is 2.95. The lowest BCUT2D eigenvalue weighted by Crippen LogP contribution is -2.35. The van der Waals surface area contributed by atoms with E-state index in [0.717, 1.165) is 23.6 Å². The first-order valence-corrected chi connectivity index (χ1v) is 11.0. The Kier molecular flexibility index (Phi) is 6.90. The maximum absolute atomic E-state index is 10.4. The van der Waals surface area contributed by atoms with Gasteiger partial charge in [0.15, 0.2) is 0 Å². The fourth-order valence-electron chi connectivity index (χ4n) is 4.33. The van der Waals surface area contributed by atoms with Gasteiger partial charge in [-0.25, -0.2) is 0 Å². The van der Waals surface area contributed by atoms with E-state index in [1.807, 2.05) is 37.3 Å². The molecule has 162 valence electrons. The Morgan fingerprint density at radius 2 is 1.77 bits per heavy atom. The maximum atomic E-state index is 10.4. The number of benzene rings is 3. The van der Waals surface area contributed by atoms with Crippen LogP contribution >= 0.6 is 0 Å². The summed E-state index contributed by atoms with van der Waals surface area (Å²) >= 11 is 0. The number of rotatable bonds is 8. The lowest BCUT2D eigenvalue weighted by molar-refractivity contribution is 0.105. The molecule has 3 unspecified atom stereocenters. The third-order valence-corrected chi connectivity index (χ3v) is 5.87. The van der Waals surface area contributed by atoms with Gasteiger partial charge in [-0.15, -0.1) is 0 Å². The zero-order valence-electron chi connectivity index (χ0n) is 18.3. The molecule has 3 aromatic rings. The van der Waals surface area contributed by atoms with Crippen LogP contribution < -0.4 is 14.8 Å². The van der Waals surface area contributed by atoms with Crippen LogP contribution in [-0.4, -0.2) is 30.9 Å². The van der Waals surface area contributed by atoms with E-state index in [1.54, 1.807) is 0 Å². The first-order chi connectivity index (χ1) is 15.1. The number of aliphatic hydroxyl groups is 1. The lowest BCUT2D eigenvalue weighted by atomic mass is 9.80. The molecule has 31 heavy (non-hydrogen) atoms. The van der Waals surface area contributed by atoms with E-state index in [2.05, 4.69) is 54.7 Å². The largest absolute Gasteiger partial charge is 0.491 e. The molecule has 3 aromatic carbocycles. The summed E-state index contributed by atoms with van der Waals surface area (Å²) in [5.74, 6) is 2.32. The Labute approximate surface area is 184 Å². The predicted octanol–water partition coefficient (Wildman–Crippen LogP) is 4.68. The second-order valence-corrected chi connectivity index (χ2v) is 8.42. The van der Waals surface area contributed by atoms with Gasteiger partial charge in [-0.2, -0.15) is 0 Å². The van der Waals surface area contributed by atoms with Gasteiger partial charge >= 0.3 is 0 Å². The number of ether oxygens (including phenoxy) is 2. The van der Waals surface area contributed by atoms with Crippen molar-refractivity contribution in [2.24, 2.45) is 5.92 Å². The highest BCUT2D eigenvalue weighted by atomic mass is 16.5. The van der Waals surface area contributed by atoms with Crippen LogP contribution in [-0.2, 0) is 6.61 Å². The van der Waals surface area contributed by atoms with E-state index < -0.39 is 6.10 Å². The molecule has 4 heteroatoms. The van der Waals surface area contributed by atoms with Crippen molar-refractivity contribution in [3.63, 3.8) is 0 Å². The van der Waals surface area contributed by atoms with Crippen molar-refractivity contribution in [1.29, 1.82) is 0 Å². The second kappa shape index (κ2) is 9.99. The standard InChI is InChI=1S/C27H31NO3/c1-19-8-7-10-23(14-19)30-18-22(29)16-28-15-20(2)27-24-11-4-3-9-21(24)17-31-26-13-6-5-12-25(26)27/h3-14,20,22,27-29H,15-18H2,1-2H3. The first kappa shape index (κ1) is 21.4. The molecule has 0 saturated carbocycles. The summed E-state index contributed by atoms with van der Waals surface area (Å²) < 4.78 is 11.8. The molecule has 0 aliphatic carbocycles. The summed E-state index contributed by atoms with van der Waals surface area (Å²) in [6, 6.07) is 24.8. The summed E-state index contributed by atoms with van der Waals surface area (Å²) in [6.07, 6.45) is -0.565. The van der Waals surface area contributed by atoms with E-state index >= 15 is 0 Å². The van der Waals surface area contributed by atoms with Crippen molar-refractivity contribution in [1.82, 2.24) is 5.32 Å². The van der Waals surface area contributed by atoms with Gasteiger partial charge in [0.1, 0.15) is 30.8 Å². The van der Waals surface area contributed by atoms with Crippen LogP contribution in [0.5, 0.6) is 11.5 Å². The van der Waals surface area contributed by atoms with E-state index in [1.165, 1.54) is 16.7 Å². The van der Waals surface area contributed by atoms with E-state index in [0.29, 0.717) is 19.1 Å². The van der Waals surface area contributed by atoms with Crippen molar-refractivity contribution >= 4 is 0 Å². The van der Waals surface area contributed by atoms with Crippen molar-refractivity contribution < 1.29 is 14.6 Å². The fourth-order valence-corrected chi connectivity index (χ4v) is 4.33. The van der Waals surface area contributed by atoms with Crippen molar-refractivity contribution in [3.05, 3.63) is 95.1 Å². The van der Waals surface area contributed by atoms with Crippen LogP contribution in [0.1, 0.15) is 35.1 Å². The van der Waals surface area contributed by atoms with Gasteiger partial charge in [0.05, 0.1) is 0 Å².